The van der Waals surface area contributed by atoms with Crippen LogP contribution in [0.3, 0.4) is 0 Å². The van der Waals surface area contributed by atoms with Crippen LogP contribution in [0.5, 0.6) is 11.5 Å². The van der Waals surface area contributed by atoms with Gasteiger partial charge >= 0.3 is 0 Å². The lowest BCUT2D eigenvalue weighted by atomic mass is 9.97. The lowest BCUT2D eigenvalue weighted by molar-refractivity contribution is -0.150. The molecule has 3 heterocycles. The molecule has 1 aromatic carbocycles. The standard InChI is InChI=1S/C16H19FO4S2/c1-15(2)19-8-14(21-15)13-7-16(22-3-4-23-16)9-5-11(18)10(17)6-12(9)20-13/h5-6,13-14,18H,3-4,7-8H2,1-2H3/t13-,14-/m0/s1. The number of rotatable bonds is 1. The molecule has 0 aromatic heterocycles. The van der Waals surface area contributed by atoms with Crippen molar-refractivity contribution in [3.63, 3.8) is 0 Å². The summed E-state index contributed by atoms with van der Waals surface area (Å²) in [6.45, 7) is 4.24. The normalized spacial score (nSPS) is 31.1. The van der Waals surface area contributed by atoms with Crippen LogP contribution in [0.25, 0.3) is 0 Å². The zero-order valence-corrected chi connectivity index (χ0v) is 14.6. The van der Waals surface area contributed by atoms with Gasteiger partial charge in [0, 0.05) is 29.6 Å². The maximum Gasteiger partial charge on any atom is 0.168 e. The van der Waals surface area contributed by atoms with Crippen molar-refractivity contribution in [3.05, 3.63) is 23.5 Å². The van der Waals surface area contributed by atoms with Gasteiger partial charge in [0.1, 0.15) is 18.0 Å². The second-order valence-corrected chi connectivity index (χ2v) is 9.52. The van der Waals surface area contributed by atoms with Gasteiger partial charge < -0.3 is 19.3 Å². The molecule has 3 aliphatic heterocycles. The molecule has 0 radical (unpaired) electrons. The number of phenolic OH excluding ortho intramolecular Hbond substituents is 1. The summed E-state index contributed by atoms with van der Waals surface area (Å²) < 4.78 is 31.3. The van der Waals surface area contributed by atoms with Crippen LogP contribution >= 0.6 is 23.5 Å². The first-order valence-electron chi connectivity index (χ1n) is 7.68. The molecule has 2 fully saturated rings. The number of phenols is 1. The Bertz CT molecular complexity index is 631. The van der Waals surface area contributed by atoms with E-state index in [1.54, 1.807) is 0 Å². The molecule has 1 N–H and O–H groups in total. The summed E-state index contributed by atoms with van der Waals surface area (Å²) in [5.41, 5.74) is 0.873. The van der Waals surface area contributed by atoms with E-state index in [1.807, 2.05) is 37.4 Å². The van der Waals surface area contributed by atoms with Gasteiger partial charge in [0.2, 0.25) is 0 Å². The van der Waals surface area contributed by atoms with Gasteiger partial charge in [0.15, 0.2) is 17.4 Å². The molecule has 23 heavy (non-hydrogen) atoms. The van der Waals surface area contributed by atoms with E-state index < -0.39 is 11.6 Å². The monoisotopic (exact) mass is 358 g/mol. The molecular formula is C16H19FO4S2. The highest BCUT2D eigenvalue weighted by Gasteiger charge is 2.50. The largest absolute Gasteiger partial charge is 0.505 e. The van der Waals surface area contributed by atoms with Crippen LogP contribution in [-0.4, -0.2) is 41.2 Å². The quantitative estimate of drug-likeness (QED) is 0.830. The molecule has 0 aliphatic carbocycles. The molecule has 0 unspecified atom stereocenters. The van der Waals surface area contributed by atoms with Crippen molar-refractivity contribution < 1.29 is 23.7 Å². The zero-order chi connectivity index (χ0) is 16.2. The Balaban J connectivity index is 1.70. The van der Waals surface area contributed by atoms with Crippen LogP contribution in [0.2, 0.25) is 0 Å². The van der Waals surface area contributed by atoms with Crippen LogP contribution < -0.4 is 4.74 Å². The highest BCUT2D eigenvalue weighted by atomic mass is 32.2. The Morgan fingerprint density at radius 1 is 1.22 bits per heavy atom. The average molecular weight is 358 g/mol. The van der Waals surface area contributed by atoms with E-state index in [2.05, 4.69) is 0 Å². The van der Waals surface area contributed by atoms with Gasteiger partial charge in [-0.15, -0.1) is 23.5 Å². The van der Waals surface area contributed by atoms with Crippen LogP contribution in [0, 0.1) is 5.82 Å². The molecule has 4 rings (SSSR count). The Hall–Kier alpha value is -0.630. The summed E-state index contributed by atoms with van der Waals surface area (Å²) in [6.07, 6.45) is 0.393. The molecular weight excluding hydrogens is 339 g/mol. The number of fused-ring (bicyclic) bond motifs is 2. The van der Waals surface area contributed by atoms with Crippen molar-refractivity contribution in [2.45, 2.75) is 42.3 Å². The first-order chi connectivity index (χ1) is 10.9. The molecule has 4 nitrogen and oxygen atoms in total. The fourth-order valence-electron chi connectivity index (χ4n) is 3.35. The maximum atomic E-state index is 13.8. The van der Waals surface area contributed by atoms with Crippen LogP contribution in [0.15, 0.2) is 12.1 Å². The minimum absolute atomic E-state index is 0.173. The molecule has 1 spiro atoms. The fourth-order valence-corrected chi connectivity index (χ4v) is 6.71. The van der Waals surface area contributed by atoms with E-state index in [-0.39, 0.29) is 22.0 Å². The van der Waals surface area contributed by atoms with E-state index in [0.29, 0.717) is 12.4 Å². The van der Waals surface area contributed by atoms with E-state index >= 15 is 0 Å². The van der Waals surface area contributed by atoms with Gasteiger partial charge in [-0.05, 0) is 19.9 Å². The molecule has 7 heteroatoms. The Kier molecular flexibility index (Phi) is 3.75. The highest BCUT2D eigenvalue weighted by molar-refractivity contribution is 8.20. The summed E-state index contributed by atoms with van der Waals surface area (Å²) in [5, 5.41) is 9.77. The van der Waals surface area contributed by atoms with Gasteiger partial charge in [-0.1, -0.05) is 0 Å². The average Bonchev–Trinajstić information content (AvgIpc) is 3.08. The summed E-state index contributed by atoms with van der Waals surface area (Å²) in [5.74, 6) is 0.978. The van der Waals surface area contributed by atoms with E-state index in [9.17, 15) is 9.50 Å². The third-order valence-corrected chi connectivity index (χ3v) is 7.89. The molecule has 2 saturated heterocycles. The van der Waals surface area contributed by atoms with Gasteiger partial charge in [-0.25, -0.2) is 4.39 Å². The second kappa shape index (κ2) is 5.44. The van der Waals surface area contributed by atoms with Crippen molar-refractivity contribution in [2.75, 3.05) is 18.1 Å². The number of thioether (sulfide) groups is 2. The van der Waals surface area contributed by atoms with Gasteiger partial charge in [0.05, 0.1) is 10.7 Å². The number of hydrogen-bond acceptors (Lipinski definition) is 6. The molecule has 0 amide bonds. The van der Waals surface area contributed by atoms with Gasteiger partial charge in [-0.3, -0.25) is 0 Å². The van der Waals surface area contributed by atoms with Crippen molar-refractivity contribution in [3.8, 4) is 11.5 Å². The Morgan fingerprint density at radius 3 is 2.61 bits per heavy atom. The summed E-state index contributed by atoms with van der Waals surface area (Å²) in [7, 11) is 0. The van der Waals surface area contributed by atoms with Crippen LogP contribution in [0.1, 0.15) is 25.8 Å². The summed E-state index contributed by atoms with van der Waals surface area (Å²) in [4.78, 5) is 0. The van der Waals surface area contributed by atoms with Gasteiger partial charge in [0.25, 0.3) is 0 Å². The number of ether oxygens (including phenoxy) is 3. The minimum atomic E-state index is -0.656. The number of benzene rings is 1. The number of halogens is 1. The smallest absolute Gasteiger partial charge is 0.168 e. The summed E-state index contributed by atoms with van der Waals surface area (Å²) >= 11 is 3.68. The lowest BCUT2D eigenvalue weighted by Crippen LogP contribution is -2.42. The predicted molar refractivity (Wildman–Crippen MR) is 88.6 cm³/mol. The molecule has 0 bridgehead atoms. The zero-order valence-electron chi connectivity index (χ0n) is 13.0. The first kappa shape index (κ1) is 15.9. The third-order valence-electron chi connectivity index (χ3n) is 4.41. The summed E-state index contributed by atoms with van der Waals surface area (Å²) in [6, 6.07) is 2.81. The second-order valence-electron chi connectivity index (χ2n) is 6.48. The van der Waals surface area contributed by atoms with Gasteiger partial charge in [-0.2, -0.15) is 0 Å². The van der Waals surface area contributed by atoms with Crippen molar-refractivity contribution in [1.82, 2.24) is 0 Å². The molecule has 3 aliphatic rings. The highest BCUT2D eigenvalue weighted by Crippen LogP contribution is 2.60. The predicted octanol–water partition coefficient (Wildman–Crippen LogP) is 3.47. The lowest BCUT2D eigenvalue weighted by Gasteiger charge is -2.40. The van der Waals surface area contributed by atoms with E-state index in [4.69, 9.17) is 14.2 Å². The first-order valence-corrected chi connectivity index (χ1v) is 9.65. The van der Waals surface area contributed by atoms with E-state index in [1.165, 1.54) is 12.1 Å². The Labute approximate surface area is 143 Å². The maximum absolute atomic E-state index is 13.8. The minimum Gasteiger partial charge on any atom is -0.505 e. The molecule has 0 saturated carbocycles. The van der Waals surface area contributed by atoms with Crippen LogP contribution in [0.4, 0.5) is 4.39 Å². The molecule has 1 aromatic rings. The Morgan fingerprint density at radius 2 is 1.96 bits per heavy atom. The molecule has 126 valence electrons. The number of hydrogen-bond donors (Lipinski definition) is 1. The SMILES string of the molecule is CC1(C)OC[C@@H]([C@@H]2CC3(SCCS3)c3cc(O)c(F)cc3O2)O1. The molecule has 2 atom stereocenters. The fraction of sp³-hybridized carbons (Fsp3) is 0.625. The van der Waals surface area contributed by atoms with Crippen molar-refractivity contribution in [1.29, 1.82) is 0 Å². The topological polar surface area (TPSA) is 47.9 Å². The van der Waals surface area contributed by atoms with Crippen molar-refractivity contribution >= 4 is 23.5 Å². The van der Waals surface area contributed by atoms with Crippen LogP contribution in [-0.2, 0) is 13.6 Å². The van der Waals surface area contributed by atoms with Crippen molar-refractivity contribution in [2.24, 2.45) is 0 Å². The third kappa shape index (κ3) is 2.71. The van der Waals surface area contributed by atoms with E-state index in [0.717, 1.165) is 23.5 Å². The number of aromatic hydroxyl groups is 1.